The van der Waals surface area contributed by atoms with Crippen molar-refractivity contribution in [1.29, 1.82) is 0 Å². The zero-order valence-corrected chi connectivity index (χ0v) is 10.8. The van der Waals surface area contributed by atoms with Crippen molar-refractivity contribution in [2.45, 2.75) is 32.2 Å². The second-order valence-electron chi connectivity index (χ2n) is 4.34. The molecule has 0 aromatic heterocycles. The van der Waals surface area contributed by atoms with Gasteiger partial charge in [0, 0.05) is 19.8 Å². The Bertz CT molecular complexity index is 313. The van der Waals surface area contributed by atoms with Gasteiger partial charge >= 0.3 is 0 Å². The average Bonchev–Trinajstić information content (AvgIpc) is 2.30. The van der Waals surface area contributed by atoms with Crippen LogP contribution in [0.25, 0.3) is 0 Å². The lowest BCUT2D eigenvalue weighted by Crippen LogP contribution is -2.18. The van der Waals surface area contributed by atoms with Gasteiger partial charge in [-0.05, 0) is 37.8 Å². The van der Waals surface area contributed by atoms with Gasteiger partial charge in [0.25, 0.3) is 0 Å². The van der Waals surface area contributed by atoms with Gasteiger partial charge in [0.2, 0.25) is 0 Å². The van der Waals surface area contributed by atoms with Gasteiger partial charge in [-0.1, -0.05) is 18.2 Å². The number of rotatable bonds is 8. The largest absolute Gasteiger partial charge is 0.493 e. The van der Waals surface area contributed by atoms with Gasteiger partial charge < -0.3 is 15.2 Å². The fraction of sp³-hybridized carbons (Fsp3) is 0.571. The Balaban J connectivity index is 2.40. The van der Waals surface area contributed by atoms with E-state index in [0.29, 0.717) is 0 Å². The van der Waals surface area contributed by atoms with Crippen LogP contribution in [-0.4, -0.2) is 26.4 Å². The van der Waals surface area contributed by atoms with Crippen molar-refractivity contribution >= 4 is 0 Å². The van der Waals surface area contributed by atoms with Crippen LogP contribution in [0.3, 0.4) is 0 Å². The Morgan fingerprint density at radius 2 is 1.88 bits per heavy atom. The zero-order chi connectivity index (χ0) is 12.5. The minimum atomic E-state index is 0.160. The summed E-state index contributed by atoms with van der Waals surface area (Å²) in [5, 5.41) is 0. The van der Waals surface area contributed by atoms with Gasteiger partial charge in [-0.25, -0.2) is 0 Å². The monoisotopic (exact) mass is 237 g/mol. The summed E-state index contributed by atoms with van der Waals surface area (Å²) in [5.41, 5.74) is 7.00. The van der Waals surface area contributed by atoms with Gasteiger partial charge in [-0.15, -0.1) is 0 Å². The molecule has 0 aliphatic carbocycles. The Morgan fingerprint density at radius 1 is 1.18 bits per heavy atom. The Kier molecular flexibility index (Phi) is 6.67. The third-order valence-electron chi connectivity index (χ3n) is 2.51. The van der Waals surface area contributed by atoms with Crippen molar-refractivity contribution in [3.8, 4) is 5.75 Å². The molecule has 1 aromatic carbocycles. The van der Waals surface area contributed by atoms with Crippen LogP contribution >= 0.6 is 0 Å². The number of benzene rings is 1. The molecule has 1 rings (SSSR count). The van der Waals surface area contributed by atoms with Crippen LogP contribution in [0.5, 0.6) is 5.75 Å². The standard InChI is InChI=1S/C14H23NO2/c1-12(15)11-13-7-3-4-8-14(13)17-10-6-5-9-16-2/h3-4,7-8,12H,5-6,9-11,15H2,1-2H3. The predicted molar refractivity (Wildman–Crippen MR) is 70.4 cm³/mol. The van der Waals surface area contributed by atoms with E-state index >= 15 is 0 Å². The average molecular weight is 237 g/mol. The van der Waals surface area contributed by atoms with Crippen LogP contribution < -0.4 is 10.5 Å². The van der Waals surface area contributed by atoms with Crippen LogP contribution in [0.15, 0.2) is 24.3 Å². The third-order valence-corrected chi connectivity index (χ3v) is 2.51. The number of hydrogen-bond donors (Lipinski definition) is 1. The fourth-order valence-electron chi connectivity index (χ4n) is 1.69. The molecule has 0 radical (unpaired) electrons. The molecule has 3 heteroatoms. The molecule has 1 aromatic rings. The summed E-state index contributed by atoms with van der Waals surface area (Å²) < 4.78 is 10.8. The van der Waals surface area contributed by atoms with Gasteiger partial charge in [-0.2, -0.15) is 0 Å². The summed E-state index contributed by atoms with van der Waals surface area (Å²) in [4.78, 5) is 0. The van der Waals surface area contributed by atoms with Crippen LogP contribution in [0.1, 0.15) is 25.3 Å². The lowest BCUT2D eigenvalue weighted by molar-refractivity contribution is 0.184. The first-order chi connectivity index (χ1) is 8.24. The number of para-hydroxylation sites is 1. The quantitative estimate of drug-likeness (QED) is 0.706. The topological polar surface area (TPSA) is 44.5 Å². The molecule has 0 saturated carbocycles. The van der Waals surface area contributed by atoms with Gasteiger partial charge in [-0.3, -0.25) is 0 Å². The molecule has 1 atom stereocenters. The zero-order valence-electron chi connectivity index (χ0n) is 10.8. The number of methoxy groups -OCH3 is 1. The molecule has 0 heterocycles. The Labute approximate surface area is 104 Å². The molecule has 0 fully saturated rings. The van der Waals surface area contributed by atoms with E-state index in [0.717, 1.165) is 38.2 Å². The number of ether oxygens (including phenoxy) is 2. The summed E-state index contributed by atoms with van der Waals surface area (Å²) >= 11 is 0. The molecular weight excluding hydrogens is 214 g/mol. The van der Waals surface area contributed by atoms with Gasteiger partial charge in [0.1, 0.15) is 5.75 Å². The molecule has 3 nitrogen and oxygen atoms in total. The normalized spacial score (nSPS) is 12.4. The molecule has 0 aliphatic rings. The maximum atomic E-state index is 5.82. The van der Waals surface area contributed by atoms with Crippen molar-refractivity contribution in [2.75, 3.05) is 20.3 Å². The highest BCUT2D eigenvalue weighted by Crippen LogP contribution is 2.19. The minimum Gasteiger partial charge on any atom is -0.493 e. The van der Waals surface area contributed by atoms with Crippen LogP contribution in [-0.2, 0) is 11.2 Å². The summed E-state index contributed by atoms with van der Waals surface area (Å²) in [6, 6.07) is 8.26. The summed E-state index contributed by atoms with van der Waals surface area (Å²) in [7, 11) is 1.72. The first-order valence-electron chi connectivity index (χ1n) is 6.19. The van der Waals surface area contributed by atoms with Crippen molar-refractivity contribution in [3.05, 3.63) is 29.8 Å². The molecule has 0 spiro atoms. The van der Waals surface area contributed by atoms with Crippen molar-refractivity contribution in [2.24, 2.45) is 5.73 Å². The first kappa shape index (κ1) is 14.0. The minimum absolute atomic E-state index is 0.160. The molecule has 0 saturated heterocycles. The molecule has 0 bridgehead atoms. The van der Waals surface area contributed by atoms with Crippen molar-refractivity contribution in [3.63, 3.8) is 0 Å². The third kappa shape index (κ3) is 5.71. The Hall–Kier alpha value is -1.06. The predicted octanol–water partition coefficient (Wildman–Crippen LogP) is 2.38. The lowest BCUT2D eigenvalue weighted by Gasteiger charge is -2.12. The van der Waals surface area contributed by atoms with E-state index in [9.17, 15) is 0 Å². The van der Waals surface area contributed by atoms with E-state index in [1.807, 2.05) is 25.1 Å². The second-order valence-corrected chi connectivity index (χ2v) is 4.34. The smallest absolute Gasteiger partial charge is 0.122 e. The van der Waals surface area contributed by atoms with E-state index in [1.165, 1.54) is 5.56 Å². The van der Waals surface area contributed by atoms with E-state index in [-0.39, 0.29) is 6.04 Å². The fourth-order valence-corrected chi connectivity index (χ4v) is 1.69. The number of unbranched alkanes of at least 4 members (excludes halogenated alkanes) is 1. The summed E-state index contributed by atoms with van der Waals surface area (Å²) in [6.07, 6.45) is 2.90. The molecule has 96 valence electrons. The van der Waals surface area contributed by atoms with Crippen molar-refractivity contribution in [1.82, 2.24) is 0 Å². The SMILES string of the molecule is COCCCCOc1ccccc1CC(C)N. The molecule has 0 amide bonds. The highest BCUT2D eigenvalue weighted by Gasteiger charge is 2.04. The number of nitrogens with two attached hydrogens (primary N) is 1. The summed E-state index contributed by atoms with van der Waals surface area (Å²) in [5.74, 6) is 0.960. The molecule has 17 heavy (non-hydrogen) atoms. The van der Waals surface area contributed by atoms with E-state index < -0.39 is 0 Å². The first-order valence-corrected chi connectivity index (χ1v) is 6.19. The molecule has 1 unspecified atom stereocenters. The maximum Gasteiger partial charge on any atom is 0.122 e. The van der Waals surface area contributed by atoms with E-state index in [2.05, 4.69) is 6.07 Å². The highest BCUT2D eigenvalue weighted by molar-refractivity contribution is 5.33. The molecular formula is C14H23NO2. The Morgan fingerprint density at radius 3 is 2.59 bits per heavy atom. The highest BCUT2D eigenvalue weighted by atomic mass is 16.5. The second kappa shape index (κ2) is 8.09. The summed E-state index contributed by atoms with van der Waals surface area (Å²) in [6.45, 7) is 3.54. The van der Waals surface area contributed by atoms with Crippen LogP contribution in [0.2, 0.25) is 0 Å². The van der Waals surface area contributed by atoms with Crippen LogP contribution in [0.4, 0.5) is 0 Å². The number of hydrogen-bond acceptors (Lipinski definition) is 3. The van der Waals surface area contributed by atoms with E-state index in [4.69, 9.17) is 15.2 Å². The maximum absolute atomic E-state index is 5.82. The van der Waals surface area contributed by atoms with Gasteiger partial charge in [0.15, 0.2) is 0 Å². The molecule has 0 aliphatic heterocycles. The van der Waals surface area contributed by atoms with Gasteiger partial charge in [0.05, 0.1) is 6.61 Å². The van der Waals surface area contributed by atoms with Crippen LogP contribution in [0, 0.1) is 0 Å². The lowest BCUT2D eigenvalue weighted by atomic mass is 10.1. The van der Waals surface area contributed by atoms with Crippen molar-refractivity contribution < 1.29 is 9.47 Å². The van der Waals surface area contributed by atoms with E-state index in [1.54, 1.807) is 7.11 Å². The molecule has 2 N–H and O–H groups in total.